The Hall–Kier alpha value is -2.82. The van der Waals surface area contributed by atoms with E-state index in [0.717, 1.165) is 0 Å². The summed E-state index contributed by atoms with van der Waals surface area (Å²) in [7, 11) is 0. The third-order valence-electron chi connectivity index (χ3n) is 3.90. The highest BCUT2D eigenvalue weighted by molar-refractivity contribution is 5.98. The summed E-state index contributed by atoms with van der Waals surface area (Å²) in [6.07, 6.45) is 0.225. The zero-order valence-electron chi connectivity index (χ0n) is 13.8. The zero-order valence-corrected chi connectivity index (χ0v) is 13.8. The van der Waals surface area contributed by atoms with Gasteiger partial charge in [-0.15, -0.1) is 0 Å². The lowest BCUT2D eigenvalue weighted by Crippen LogP contribution is -2.51. The molecule has 0 heterocycles. The Bertz CT molecular complexity index is 714. The second kappa shape index (κ2) is 7.64. The fraction of sp³-hybridized carbons (Fsp3) is 0.263. The molecule has 0 aliphatic heterocycles. The van der Waals surface area contributed by atoms with Gasteiger partial charge in [-0.3, -0.25) is 4.79 Å². The SMILES string of the molecule is CCOc1cccc(C(=O)NC(CC)(C(=O)O)c2ccccc2)c1. The van der Waals surface area contributed by atoms with Gasteiger partial charge in [-0.2, -0.15) is 0 Å². The largest absolute Gasteiger partial charge is 0.494 e. The van der Waals surface area contributed by atoms with Crippen molar-refractivity contribution in [2.45, 2.75) is 25.8 Å². The van der Waals surface area contributed by atoms with Crippen LogP contribution in [0, 0.1) is 0 Å². The molecule has 0 fully saturated rings. The fourth-order valence-corrected chi connectivity index (χ4v) is 2.58. The van der Waals surface area contributed by atoms with Crippen molar-refractivity contribution < 1.29 is 19.4 Å². The molecule has 0 bridgehead atoms. The molecule has 1 amide bonds. The van der Waals surface area contributed by atoms with Crippen LogP contribution in [0.2, 0.25) is 0 Å². The van der Waals surface area contributed by atoms with Crippen LogP contribution in [0.3, 0.4) is 0 Å². The van der Waals surface area contributed by atoms with Crippen LogP contribution in [0.5, 0.6) is 5.75 Å². The Morgan fingerprint density at radius 2 is 1.79 bits per heavy atom. The topological polar surface area (TPSA) is 75.6 Å². The Labute approximate surface area is 141 Å². The first-order valence-electron chi connectivity index (χ1n) is 7.87. The van der Waals surface area contributed by atoms with E-state index in [4.69, 9.17) is 4.74 Å². The minimum atomic E-state index is -1.47. The van der Waals surface area contributed by atoms with Gasteiger partial charge >= 0.3 is 5.97 Å². The van der Waals surface area contributed by atoms with Crippen molar-refractivity contribution in [3.8, 4) is 5.75 Å². The molecule has 2 aromatic carbocycles. The molecule has 0 radical (unpaired) electrons. The van der Waals surface area contributed by atoms with Gasteiger partial charge in [-0.05, 0) is 37.1 Å². The summed E-state index contributed by atoms with van der Waals surface area (Å²) in [6.45, 7) is 4.08. The van der Waals surface area contributed by atoms with Crippen LogP contribution in [0.15, 0.2) is 54.6 Å². The zero-order chi connectivity index (χ0) is 17.6. The molecule has 0 saturated heterocycles. The third-order valence-corrected chi connectivity index (χ3v) is 3.90. The first-order valence-corrected chi connectivity index (χ1v) is 7.87. The summed E-state index contributed by atoms with van der Waals surface area (Å²) < 4.78 is 5.39. The lowest BCUT2D eigenvalue weighted by atomic mass is 9.87. The summed E-state index contributed by atoms with van der Waals surface area (Å²) >= 11 is 0. The summed E-state index contributed by atoms with van der Waals surface area (Å²) in [6, 6.07) is 15.4. The number of amides is 1. The second-order valence-electron chi connectivity index (χ2n) is 5.35. The van der Waals surface area contributed by atoms with Crippen LogP contribution < -0.4 is 10.1 Å². The number of nitrogens with one attached hydrogen (secondary N) is 1. The predicted octanol–water partition coefficient (Wildman–Crippen LogP) is 3.21. The van der Waals surface area contributed by atoms with E-state index in [1.54, 1.807) is 61.5 Å². The van der Waals surface area contributed by atoms with E-state index in [1.807, 2.05) is 6.92 Å². The molecule has 0 saturated carbocycles. The van der Waals surface area contributed by atoms with Crippen molar-refractivity contribution in [3.63, 3.8) is 0 Å². The number of hydrogen-bond acceptors (Lipinski definition) is 3. The first-order chi connectivity index (χ1) is 11.5. The molecule has 0 aromatic heterocycles. The summed E-state index contributed by atoms with van der Waals surface area (Å²) in [5, 5.41) is 12.5. The van der Waals surface area contributed by atoms with Crippen LogP contribution in [-0.2, 0) is 10.3 Å². The molecule has 0 aliphatic carbocycles. The van der Waals surface area contributed by atoms with Gasteiger partial charge in [0.15, 0.2) is 5.54 Å². The maximum Gasteiger partial charge on any atom is 0.334 e. The molecular weight excluding hydrogens is 306 g/mol. The van der Waals surface area contributed by atoms with E-state index in [0.29, 0.717) is 23.5 Å². The number of hydrogen-bond donors (Lipinski definition) is 2. The maximum atomic E-state index is 12.6. The summed E-state index contributed by atoms with van der Waals surface area (Å²) in [5.74, 6) is -0.975. The van der Waals surface area contributed by atoms with Gasteiger partial charge in [0.1, 0.15) is 5.75 Å². The molecule has 5 nitrogen and oxygen atoms in total. The minimum absolute atomic E-state index is 0.225. The fourth-order valence-electron chi connectivity index (χ4n) is 2.58. The highest BCUT2D eigenvalue weighted by Gasteiger charge is 2.40. The van der Waals surface area contributed by atoms with E-state index in [2.05, 4.69) is 5.32 Å². The van der Waals surface area contributed by atoms with Gasteiger partial charge in [0.25, 0.3) is 5.91 Å². The summed E-state index contributed by atoms with van der Waals surface area (Å²) in [4.78, 5) is 24.6. The van der Waals surface area contributed by atoms with Crippen molar-refractivity contribution in [3.05, 3.63) is 65.7 Å². The van der Waals surface area contributed by atoms with E-state index < -0.39 is 17.4 Å². The quantitative estimate of drug-likeness (QED) is 0.819. The number of carboxylic acid groups (broad SMARTS) is 1. The van der Waals surface area contributed by atoms with Crippen LogP contribution in [0.1, 0.15) is 36.2 Å². The molecule has 2 N–H and O–H groups in total. The Morgan fingerprint density at radius 1 is 1.08 bits per heavy atom. The van der Waals surface area contributed by atoms with Crippen LogP contribution >= 0.6 is 0 Å². The molecule has 24 heavy (non-hydrogen) atoms. The average molecular weight is 327 g/mol. The monoisotopic (exact) mass is 327 g/mol. The molecule has 126 valence electrons. The Balaban J connectivity index is 2.35. The normalized spacial score (nSPS) is 12.9. The lowest BCUT2D eigenvalue weighted by Gasteiger charge is -2.30. The average Bonchev–Trinajstić information content (AvgIpc) is 2.60. The molecule has 1 atom stereocenters. The highest BCUT2D eigenvalue weighted by atomic mass is 16.5. The van der Waals surface area contributed by atoms with Gasteiger partial charge in [-0.1, -0.05) is 43.3 Å². The van der Waals surface area contributed by atoms with E-state index in [-0.39, 0.29) is 6.42 Å². The number of carbonyl (C=O) groups is 2. The van der Waals surface area contributed by atoms with Crippen molar-refractivity contribution in [2.75, 3.05) is 6.61 Å². The van der Waals surface area contributed by atoms with Crippen molar-refractivity contribution in [1.29, 1.82) is 0 Å². The standard InChI is InChI=1S/C19H21NO4/c1-3-19(18(22)23,15-10-6-5-7-11-15)20-17(21)14-9-8-12-16(13-14)24-4-2/h5-13H,3-4H2,1-2H3,(H,20,21)(H,22,23). The van der Waals surface area contributed by atoms with Gasteiger partial charge in [0.05, 0.1) is 6.61 Å². The van der Waals surface area contributed by atoms with Gasteiger partial charge in [-0.25, -0.2) is 4.79 Å². The number of carbonyl (C=O) groups excluding carboxylic acids is 1. The molecule has 5 heteroatoms. The number of rotatable bonds is 7. The molecule has 0 aliphatic rings. The lowest BCUT2D eigenvalue weighted by molar-refractivity contribution is -0.145. The van der Waals surface area contributed by atoms with Crippen LogP contribution in [-0.4, -0.2) is 23.6 Å². The van der Waals surface area contributed by atoms with E-state index in [1.165, 1.54) is 0 Å². The van der Waals surface area contributed by atoms with Crippen LogP contribution in [0.4, 0.5) is 0 Å². The third kappa shape index (κ3) is 3.56. The minimum Gasteiger partial charge on any atom is -0.494 e. The van der Waals surface area contributed by atoms with Gasteiger partial charge < -0.3 is 15.2 Å². The second-order valence-corrected chi connectivity index (χ2v) is 5.35. The van der Waals surface area contributed by atoms with Crippen molar-refractivity contribution >= 4 is 11.9 Å². The molecule has 2 rings (SSSR count). The molecular formula is C19H21NO4. The number of aliphatic carboxylic acids is 1. The predicted molar refractivity (Wildman–Crippen MR) is 91.1 cm³/mol. The smallest absolute Gasteiger partial charge is 0.334 e. The number of carboxylic acids is 1. The number of ether oxygens (including phenoxy) is 1. The van der Waals surface area contributed by atoms with Gasteiger partial charge in [0, 0.05) is 5.56 Å². The van der Waals surface area contributed by atoms with Crippen LogP contribution in [0.25, 0.3) is 0 Å². The number of benzene rings is 2. The van der Waals surface area contributed by atoms with E-state index in [9.17, 15) is 14.7 Å². The highest BCUT2D eigenvalue weighted by Crippen LogP contribution is 2.26. The Morgan fingerprint density at radius 3 is 2.38 bits per heavy atom. The van der Waals surface area contributed by atoms with Gasteiger partial charge in [0.2, 0.25) is 0 Å². The maximum absolute atomic E-state index is 12.6. The summed E-state index contributed by atoms with van der Waals surface area (Å²) in [5.41, 5.74) is -0.578. The molecule has 0 spiro atoms. The van der Waals surface area contributed by atoms with Crippen molar-refractivity contribution in [1.82, 2.24) is 5.32 Å². The molecule has 2 aromatic rings. The Kier molecular flexibility index (Phi) is 5.58. The molecule has 1 unspecified atom stereocenters. The van der Waals surface area contributed by atoms with Crippen molar-refractivity contribution in [2.24, 2.45) is 0 Å². The first kappa shape index (κ1) is 17.5. The van der Waals surface area contributed by atoms with E-state index >= 15 is 0 Å².